The molecule has 1 heterocycles. The van der Waals surface area contributed by atoms with Crippen LogP contribution in [0.4, 0.5) is 8.78 Å². The topological polar surface area (TPSA) is 32.9 Å². The van der Waals surface area contributed by atoms with Gasteiger partial charge in [0, 0.05) is 27.9 Å². The standard InChI is InChI=1S/C16H12FNO.C8H8BrF/c1-10(19)16-15(11-5-3-2-4-6-11)13-9-12(17)7-8-14(13)18-16;1-2-6-5-7(9)3-4-8(6)10/h2-9,18H,1H3;3-5H,2H2,1H3. The van der Waals surface area contributed by atoms with Crippen LogP contribution in [0.15, 0.2) is 71.2 Å². The SMILES string of the molecule is CC(=O)c1[nH]c2ccc(F)cc2c1-c1ccccc1.CCc1cc(Br)ccc1F. The lowest BCUT2D eigenvalue weighted by Crippen LogP contribution is -1.94. The molecule has 0 saturated carbocycles. The number of hydrogen-bond acceptors (Lipinski definition) is 1. The Labute approximate surface area is 176 Å². The molecule has 148 valence electrons. The first kappa shape index (κ1) is 20.9. The van der Waals surface area contributed by atoms with Gasteiger partial charge in [-0.25, -0.2) is 8.78 Å². The normalized spacial score (nSPS) is 10.5. The van der Waals surface area contributed by atoms with E-state index in [4.69, 9.17) is 0 Å². The molecule has 0 bridgehead atoms. The highest BCUT2D eigenvalue weighted by atomic mass is 79.9. The van der Waals surface area contributed by atoms with E-state index >= 15 is 0 Å². The van der Waals surface area contributed by atoms with Crippen molar-refractivity contribution in [1.29, 1.82) is 0 Å². The quantitative estimate of drug-likeness (QED) is 0.322. The van der Waals surface area contributed by atoms with Crippen LogP contribution in [-0.4, -0.2) is 10.8 Å². The predicted molar refractivity (Wildman–Crippen MR) is 117 cm³/mol. The number of nitrogens with one attached hydrogen (secondary N) is 1. The number of carbonyl (C=O) groups is 1. The number of fused-ring (bicyclic) bond motifs is 1. The average molecular weight is 456 g/mol. The Morgan fingerprint density at radius 2 is 1.72 bits per heavy atom. The summed E-state index contributed by atoms with van der Waals surface area (Å²) in [6, 6.07) is 19.0. The van der Waals surface area contributed by atoms with Crippen molar-refractivity contribution in [3.63, 3.8) is 0 Å². The summed E-state index contributed by atoms with van der Waals surface area (Å²) in [4.78, 5) is 14.8. The van der Waals surface area contributed by atoms with Crippen molar-refractivity contribution in [3.8, 4) is 11.1 Å². The molecule has 29 heavy (non-hydrogen) atoms. The molecule has 2 nitrogen and oxygen atoms in total. The third-order valence-electron chi connectivity index (χ3n) is 4.56. The Kier molecular flexibility index (Phi) is 6.60. The lowest BCUT2D eigenvalue weighted by molar-refractivity contribution is 0.101. The van der Waals surface area contributed by atoms with Crippen LogP contribution in [0.1, 0.15) is 29.9 Å². The second-order valence-electron chi connectivity index (χ2n) is 6.58. The van der Waals surface area contributed by atoms with Crippen LogP contribution in [0.25, 0.3) is 22.0 Å². The fourth-order valence-electron chi connectivity index (χ4n) is 3.15. The van der Waals surface area contributed by atoms with E-state index in [1.807, 2.05) is 37.3 Å². The summed E-state index contributed by atoms with van der Waals surface area (Å²) in [5.74, 6) is -0.486. The number of carbonyl (C=O) groups excluding carboxylic acids is 1. The summed E-state index contributed by atoms with van der Waals surface area (Å²) in [7, 11) is 0. The largest absolute Gasteiger partial charge is 0.352 e. The first-order chi connectivity index (χ1) is 13.9. The Morgan fingerprint density at radius 3 is 2.34 bits per heavy atom. The summed E-state index contributed by atoms with van der Waals surface area (Å²) in [5, 5.41) is 0.733. The second-order valence-corrected chi connectivity index (χ2v) is 7.49. The third kappa shape index (κ3) is 4.80. The van der Waals surface area contributed by atoms with Crippen molar-refractivity contribution >= 4 is 32.6 Å². The van der Waals surface area contributed by atoms with Gasteiger partial charge in [0.1, 0.15) is 11.6 Å². The van der Waals surface area contributed by atoms with Gasteiger partial charge in [-0.05, 0) is 53.9 Å². The summed E-state index contributed by atoms with van der Waals surface area (Å²) < 4.78 is 27.1. The van der Waals surface area contributed by atoms with E-state index in [-0.39, 0.29) is 17.4 Å². The maximum absolute atomic E-state index is 13.4. The lowest BCUT2D eigenvalue weighted by Gasteiger charge is -2.02. The summed E-state index contributed by atoms with van der Waals surface area (Å²) in [6.45, 7) is 3.44. The zero-order valence-corrected chi connectivity index (χ0v) is 17.7. The van der Waals surface area contributed by atoms with Crippen molar-refractivity contribution in [2.24, 2.45) is 0 Å². The number of aromatic amines is 1. The van der Waals surface area contributed by atoms with Gasteiger partial charge in [0.25, 0.3) is 0 Å². The molecule has 0 aliphatic heterocycles. The molecule has 3 aromatic carbocycles. The van der Waals surface area contributed by atoms with E-state index in [0.717, 1.165) is 38.5 Å². The molecule has 0 unspecified atom stereocenters. The molecule has 0 atom stereocenters. The summed E-state index contributed by atoms with van der Waals surface area (Å²) >= 11 is 3.27. The summed E-state index contributed by atoms with van der Waals surface area (Å²) in [6.07, 6.45) is 0.741. The maximum atomic E-state index is 13.4. The van der Waals surface area contributed by atoms with Crippen LogP contribution in [-0.2, 0) is 6.42 Å². The van der Waals surface area contributed by atoms with Gasteiger partial charge < -0.3 is 4.98 Å². The third-order valence-corrected chi connectivity index (χ3v) is 5.06. The number of aryl methyl sites for hydroxylation is 1. The molecule has 0 amide bonds. The van der Waals surface area contributed by atoms with Gasteiger partial charge in [-0.3, -0.25) is 4.79 Å². The number of H-pyrrole nitrogens is 1. The Balaban J connectivity index is 0.000000204. The average Bonchev–Trinajstić information content (AvgIpc) is 3.10. The van der Waals surface area contributed by atoms with Crippen molar-refractivity contribution in [2.75, 3.05) is 0 Å². The van der Waals surface area contributed by atoms with Crippen LogP contribution in [0.2, 0.25) is 0 Å². The molecular weight excluding hydrogens is 436 g/mol. The van der Waals surface area contributed by atoms with Crippen LogP contribution in [0.5, 0.6) is 0 Å². The van der Waals surface area contributed by atoms with Crippen LogP contribution in [0, 0.1) is 11.6 Å². The molecule has 0 aliphatic carbocycles. The molecule has 0 spiro atoms. The smallest absolute Gasteiger partial charge is 0.176 e. The highest BCUT2D eigenvalue weighted by Crippen LogP contribution is 2.33. The second kappa shape index (κ2) is 9.14. The van der Waals surface area contributed by atoms with Crippen molar-refractivity contribution in [1.82, 2.24) is 4.98 Å². The van der Waals surface area contributed by atoms with E-state index in [2.05, 4.69) is 20.9 Å². The van der Waals surface area contributed by atoms with E-state index < -0.39 is 0 Å². The number of ketones is 1. The maximum Gasteiger partial charge on any atom is 0.176 e. The fraction of sp³-hybridized carbons (Fsp3) is 0.125. The molecule has 4 aromatic rings. The van der Waals surface area contributed by atoms with Gasteiger partial charge >= 0.3 is 0 Å². The first-order valence-corrected chi connectivity index (χ1v) is 10.0. The number of aromatic nitrogens is 1. The minimum atomic E-state index is -0.307. The van der Waals surface area contributed by atoms with Crippen LogP contribution >= 0.6 is 15.9 Å². The molecule has 4 rings (SSSR count). The molecule has 0 radical (unpaired) electrons. The van der Waals surface area contributed by atoms with Gasteiger partial charge in [-0.15, -0.1) is 0 Å². The lowest BCUT2D eigenvalue weighted by atomic mass is 10.0. The minimum Gasteiger partial charge on any atom is -0.352 e. The van der Waals surface area contributed by atoms with Gasteiger partial charge in [-0.2, -0.15) is 0 Å². The zero-order valence-electron chi connectivity index (χ0n) is 16.1. The molecule has 0 aliphatic rings. The first-order valence-electron chi connectivity index (χ1n) is 9.22. The highest BCUT2D eigenvalue weighted by molar-refractivity contribution is 9.10. The monoisotopic (exact) mass is 455 g/mol. The highest BCUT2D eigenvalue weighted by Gasteiger charge is 2.16. The van der Waals surface area contributed by atoms with E-state index in [9.17, 15) is 13.6 Å². The number of hydrogen-bond donors (Lipinski definition) is 1. The van der Waals surface area contributed by atoms with Crippen molar-refractivity contribution < 1.29 is 13.6 Å². The van der Waals surface area contributed by atoms with Crippen molar-refractivity contribution in [3.05, 3.63) is 94.1 Å². The summed E-state index contributed by atoms with van der Waals surface area (Å²) in [5.41, 5.74) is 3.72. The van der Waals surface area contributed by atoms with Gasteiger partial charge in [-0.1, -0.05) is 53.2 Å². The predicted octanol–water partition coefficient (Wildman–Crippen LogP) is 7.33. The van der Waals surface area contributed by atoms with Crippen molar-refractivity contribution in [2.45, 2.75) is 20.3 Å². The number of halogens is 3. The molecule has 1 aromatic heterocycles. The van der Waals surface area contributed by atoms with Gasteiger partial charge in [0.05, 0.1) is 5.69 Å². The van der Waals surface area contributed by atoms with Gasteiger partial charge in [0.2, 0.25) is 0 Å². The minimum absolute atomic E-state index is 0.0598. The van der Waals surface area contributed by atoms with E-state index in [1.165, 1.54) is 25.1 Å². The Bertz CT molecular complexity index is 1150. The fourth-order valence-corrected chi connectivity index (χ4v) is 3.56. The number of Topliss-reactive ketones (excluding diaryl/α,β-unsaturated/α-hetero) is 1. The zero-order chi connectivity index (χ0) is 21.0. The number of rotatable bonds is 3. The van der Waals surface area contributed by atoms with Crippen LogP contribution < -0.4 is 0 Å². The molecule has 1 N–H and O–H groups in total. The Hall–Kier alpha value is -2.79. The molecule has 0 saturated heterocycles. The van der Waals surface area contributed by atoms with E-state index in [0.29, 0.717) is 5.69 Å². The molecule has 0 fully saturated rings. The van der Waals surface area contributed by atoms with Crippen LogP contribution in [0.3, 0.4) is 0 Å². The van der Waals surface area contributed by atoms with Gasteiger partial charge in [0.15, 0.2) is 5.78 Å². The molecular formula is C24H20BrF2NO. The Morgan fingerprint density at radius 1 is 1.00 bits per heavy atom. The van der Waals surface area contributed by atoms with E-state index in [1.54, 1.807) is 18.2 Å². The molecule has 5 heteroatoms. The number of benzene rings is 3.